The van der Waals surface area contributed by atoms with Crippen LogP contribution in [-0.4, -0.2) is 17.5 Å². The molecule has 0 aliphatic carbocycles. The van der Waals surface area contributed by atoms with E-state index in [0.29, 0.717) is 11.3 Å². The molecule has 142 valence electrons. The molecule has 27 heavy (non-hydrogen) atoms. The van der Waals surface area contributed by atoms with Crippen LogP contribution in [0.3, 0.4) is 0 Å². The Morgan fingerprint density at radius 1 is 1.07 bits per heavy atom. The molecule has 0 fully saturated rings. The summed E-state index contributed by atoms with van der Waals surface area (Å²) in [5, 5.41) is 6.22. The number of hydrogen-bond acceptors (Lipinski definition) is 3. The van der Waals surface area contributed by atoms with Crippen molar-refractivity contribution in [1.82, 2.24) is 5.43 Å². The van der Waals surface area contributed by atoms with Crippen molar-refractivity contribution in [3.63, 3.8) is 0 Å². The van der Waals surface area contributed by atoms with Crippen molar-refractivity contribution < 1.29 is 22.8 Å². The van der Waals surface area contributed by atoms with E-state index in [9.17, 15) is 22.8 Å². The van der Waals surface area contributed by atoms with Gasteiger partial charge in [-0.05, 0) is 44.2 Å². The lowest BCUT2D eigenvalue weighted by molar-refractivity contribution is -0.137. The molecule has 0 aromatic heterocycles. The molecule has 0 radical (unpaired) electrons. The van der Waals surface area contributed by atoms with Crippen LogP contribution in [0, 0.1) is 6.92 Å². The summed E-state index contributed by atoms with van der Waals surface area (Å²) in [5.41, 5.74) is 3.26. The van der Waals surface area contributed by atoms with E-state index in [-0.39, 0.29) is 12.1 Å². The zero-order valence-electron chi connectivity index (χ0n) is 14.7. The van der Waals surface area contributed by atoms with E-state index in [2.05, 4.69) is 15.8 Å². The van der Waals surface area contributed by atoms with E-state index in [0.717, 1.165) is 17.7 Å². The van der Waals surface area contributed by atoms with Crippen LogP contribution in [-0.2, 0) is 11.0 Å². The summed E-state index contributed by atoms with van der Waals surface area (Å²) in [4.78, 5) is 23.9. The number of carbonyl (C=O) groups is 2. The van der Waals surface area contributed by atoms with Crippen LogP contribution in [0.25, 0.3) is 0 Å². The van der Waals surface area contributed by atoms with Crippen LogP contribution in [0.5, 0.6) is 0 Å². The number of hydrazone groups is 1. The Hall–Kier alpha value is -3.16. The summed E-state index contributed by atoms with van der Waals surface area (Å²) >= 11 is 0. The van der Waals surface area contributed by atoms with E-state index in [1.165, 1.54) is 19.1 Å². The highest BCUT2D eigenvalue weighted by molar-refractivity contribution is 6.06. The topological polar surface area (TPSA) is 70.6 Å². The highest BCUT2D eigenvalue weighted by Gasteiger charge is 2.30. The maximum absolute atomic E-state index is 12.7. The second kappa shape index (κ2) is 8.48. The molecule has 0 aliphatic heterocycles. The Kier molecular flexibility index (Phi) is 6.33. The second-order valence-corrected chi connectivity index (χ2v) is 5.96. The zero-order chi connectivity index (χ0) is 20.0. The highest BCUT2D eigenvalue weighted by Crippen LogP contribution is 2.30. The minimum absolute atomic E-state index is 0.0336. The fourth-order valence-corrected chi connectivity index (χ4v) is 2.17. The van der Waals surface area contributed by atoms with Gasteiger partial charge in [0.2, 0.25) is 5.91 Å². The molecule has 0 heterocycles. The third kappa shape index (κ3) is 6.25. The number of hydrogen-bond donors (Lipinski definition) is 2. The number of aryl methyl sites for hydroxylation is 1. The van der Waals surface area contributed by atoms with Crippen molar-refractivity contribution in [1.29, 1.82) is 0 Å². The van der Waals surface area contributed by atoms with Gasteiger partial charge in [-0.3, -0.25) is 9.59 Å². The van der Waals surface area contributed by atoms with Gasteiger partial charge in [-0.15, -0.1) is 0 Å². The van der Waals surface area contributed by atoms with Crippen LogP contribution >= 0.6 is 0 Å². The molecule has 2 N–H and O–H groups in total. The number of anilines is 1. The molecule has 5 nitrogen and oxygen atoms in total. The fourth-order valence-electron chi connectivity index (χ4n) is 2.17. The predicted molar refractivity (Wildman–Crippen MR) is 96.4 cm³/mol. The number of benzene rings is 2. The first-order valence-electron chi connectivity index (χ1n) is 8.02. The summed E-state index contributed by atoms with van der Waals surface area (Å²) in [6.45, 7) is 3.42. The molecule has 0 saturated heterocycles. The lowest BCUT2D eigenvalue weighted by Crippen LogP contribution is -2.21. The number of rotatable bonds is 5. The van der Waals surface area contributed by atoms with Crippen molar-refractivity contribution >= 4 is 23.2 Å². The average molecular weight is 377 g/mol. The maximum Gasteiger partial charge on any atom is 0.416 e. The smallest absolute Gasteiger partial charge is 0.326 e. The number of carbonyl (C=O) groups excluding carboxylic acids is 2. The Labute approximate surface area is 154 Å². The van der Waals surface area contributed by atoms with E-state index in [1.807, 2.05) is 6.92 Å². The quantitative estimate of drug-likeness (QED) is 0.607. The summed E-state index contributed by atoms with van der Waals surface area (Å²) in [5.74, 6) is -0.965. The summed E-state index contributed by atoms with van der Waals surface area (Å²) in [6, 6.07) is 11.2. The van der Waals surface area contributed by atoms with Crippen LogP contribution in [0.15, 0.2) is 53.6 Å². The Morgan fingerprint density at radius 2 is 1.74 bits per heavy atom. The first-order chi connectivity index (χ1) is 12.6. The summed E-state index contributed by atoms with van der Waals surface area (Å²) in [6.07, 6.45) is -4.66. The van der Waals surface area contributed by atoms with E-state index in [4.69, 9.17) is 0 Å². The molecule has 0 atom stereocenters. The fraction of sp³-hybridized carbons (Fsp3) is 0.211. The van der Waals surface area contributed by atoms with Crippen molar-refractivity contribution in [2.75, 3.05) is 5.32 Å². The summed E-state index contributed by atoms with van der Waals surface area (Å²) in [7, 11) is 0. The van der Waals surface area contributed by atoms with E-state index < -0.39 is 23.6 Å². The highest BCUT2D eigenvalue weighted by atomic mass is 19.4. The molecular weight excluding hydrogens is 359 g/mol. The molecule has 2 amide bonds. The number of halogens is 3. The first-order valence-corrected chi connectivity index (χ1v) is 8.02. The van der Waals surface area contributed by atoms with Crippen molar-refractivity contribution in [3.8, 4) is 0 Å². The molecule has 2 aromatic carbocycles. The monoisotopic (exact) mass is 377 g/mol. The van der Waals surface area contributed by atoms with E-state index >= 15 is 0 Å². The van der Waals surface area contributed by atoms with Crippen molar-refractivity contribution in [2.45, 2.75) is 26.4 Å². The van der Waals surface area contributed by atoms with Gasteiger partial charge in [0.25, 0.3) is 5.91 Å². The van der Waals surface area contributed by atoms with Crippen molar-refractivity contribution in [3.05, 3.63) is 65.2 Å². The normalized spacial score (nSPS) is 11.8. The van der Waals surface area contributed by atoms with Gasteiger partial charge in [0, 0.05) is 17.0 Å². The number of amides is 2. The van der Waals surface area contributed by atoms with Crippen molar-refractivity contribution in [2.24, 2.45) is 5.10 Å². The number of nitrogens with one attached hydrogen (secondary N) is 2. The molecule has 0 spiro atoms. The molecule has 2 rings (SSSR count). The molecule has 0 aliphatic rings. The van der Waals surface area contributed by atoms with E-state index in [1.54, 1.807) is 24.3 Å². The predicted octanol–water partition coefficient (Wildman–Crippen LogP) is 4.15. The van der Waals surface area contributed by atoms with Crippen LogP contribution in [0.4, 0.5) is 18.9 Å². The minimum atomic E-state index is -4.49. The molecule has 0 unspecified atom stereocenters. The van der Waals surface area contributed by atoms with Gasteiger partial charge in [0.05, 0.1) is 12.0 Å². The maximum atomic E-state index is 12.7. The Bertz CT molecular complexity index is 859. The molecule has 0 bridgehead atoms. The van der Waals surface area contributed by atoms with Gasteiger partial charge in [0.1, 0.15) is 0 Å². The van der Waals surface area contributed by atoms with Crippen LogP contribution in [0.1, 0.15) is 34.8 Å². The first kappa shape index (κ1) is 20.2. The molecule has 0 saturated carbocycles. The van der Waals surface area contributed by atoms with Gasteiger partial charge in [-0.1, -0.05) is 23.8 Å². The lowest BCUT2D eigenvalue weighted by Gasteiger charge is -2.10. The van der Waals surface area contributed by atoms with Gasteiger partial charge in [-0.2, -0.15) is 18.3 Å². The largest absolute Gasteiger partial charge is 0.416 e. The third-order valence-corrected chi connectivity index (χ3v) is 3.55. The Balaban J connectivity index is 1.92. The molecule has 2 aromatic rings. The minimum Gasteiger partial charge on any atom is -0.326 e. The number of nitrogens with zero attached hydrogens (tertiary/aromatic N) is 1. The number of alkyl halides is 3. The second-order valence-electron chi connectivity index (χ2n) is 5.96. The molecular formula is C19H18F3N3O2. The van der Waals surface area contributed by atoms with Gasteiger partial charge >= 0.3 is 6.18 Å². The van der Waals surface area contributed by atoms with Gasteiger partial charge < -0.3 is 5.32 Å². The van der Waals surface area contributed by atoms with Crippen LogP contribution < -0.4 is 10.7 Å². The average Bonchev–Trinajstić information content (AvgIpc) is 2.59. The van der Waals surface area contributed by atoms with Gasteiger partial charge in [-0.25, -0.2) is 5.43 Å². The lowest BCUT2D eigenvalue weighted by atomic mass is 10.1. The third-order valence-electron chi connectivity index (χ3n) is 3.55. The molecule has 8 heteroatoms. The zero-order valence-corrected chi connectivity index (χ0v) is 14.7. The Morgan fingerprint density at radius 3 is 2.37 bits per heavy atom. The van der Waals surface area contributed by atoms with Gasteiger partial charge in [0.15, 0.2) is 0 Å². The summed E-state index contributed by atoms with van der Waals surface area (Å²) < 4.78 is 38.0. The van der Waals surface area contributed by atoms with Crippen LogP contribution in [0.2, 0.25) is 0 Å². The standard InChI is InChI=1S/C19H18F3N3O2/c1-12-6-8-14(9-7-12)18(27)25-24-13(2)10-17(26)23-16-5-3-4-15(11-16)19(20,21)22/h3-9,11H,10H2,1-2H3,(H,23,26)(H,25,27)/b24-13-. The SMILES string of the molecule is C/C(CC(=O)Nc1cccc(C(F)(F)F)c1)=N/NC(=O)c1ccc(C)cc1.